The third-order valence-electron chi connectivity index (χ3n) is 7.34. The molecule has 0 aromatic heterocycles. The number of amides is 2. The van der Waals surface area contributed by atoms with Crippen LogP contribution in [0, 0.1) is 13.8 Å². The number of hydrogen-bond acceptors (Lipinski definition) is 3. The van der Waals surface area contributed by atoms with E-state index >= 15 is 0 Å². The van der Waals surface area contributed by atoms with Gasteiger partial charge in [0.2, 0.25) is 11.5 Å². The lowest BCUT2D eigenvalue weighted by Crippen LogP contribution is -2.59. The smallest absolute Gasteiger partial charge is 0.277 e. The highest BCUT2D eigenvalue weighted by Gasteiger charge is 2.76. The molecule has 2 spiro atoms. The second kappa shape index (κ2) is 5.55. The molecule has 0 N–H and O–H groups in total. The number of carbonyl (C=O) groups excluding carboxylic acids is 2. The zero-order valence-electron chi connectivity index (χ0n) is 17.9. The molecule has 154 valence electrons. The lowest BCUT2D eigenvalue weighted by atomic mass is 9.62. The number of nitrogens with zero attached hydrogens (tertiary/aromatic N) is 2. The van der Waals surface area contributed by atoms with E-state index in [4.69, 9.17) is 4.74 Å². The Morgan fingerprint density at radius 2 is 1.26 bits per heavy atom. The summed E-state index contributed by atoms with van der Waals surface area (Å²) in [6.45, 7) is 4.05. The van der Waals surface area contributed by atoms with Gasteiger partial charge < -0.3 is 14.5 Å². The summed E-state index contributed by atoms with van der Waals surface area (Å²) in [5, 5.41) is 0. The topological polar surface area (TPSA) is 49.9 Å². The summed E-state index contributed by atoms with van der Waals surface area (Å²) in [6, 6.07) is 19.4. The van der Waals surface area contributed by atoms with Crippen LogP contribution in [-0.2, 0) is 20.6 Å². The third kappa shape index (κ3) is 1.76. The van der Waals surface area contributed by atoms with Gasteiger partial charge in [0, 0.05) is 36.5 Å². The fraction of sp³-hybridized carbons (Fsp3) is 0.231. The Morgan fingerprint density at radius 1 is 0.710 bits per heavy atom. The average molecular weight is 410 g/mol. The van der Waals surface area contributed by atoms with Gasteiger partial charge >= 0.3 is 0 Å². The molecule has 3 aliphatic heterocycles. The lowest BCUT2D eigenvalue weighted by Gasteiger charge is -2.37. The van der Waals surface area contributed by atoms with Crippen LogP contribution in [0.15, 0.2) is 60.7 Å². The molecule has 2 unspecified atom stereocenters. The summed E-state index contributed by atoms with van der Waals surface area (Å²) in [5.74, 6) is 0.229. The van der Waals surface area contributed by atoms with Gasteiger partial charge in [-0.2, -0.15) is 0 Å². The van der Waals surface area contributed by atoms with E-state index < -0.39 is 11.0 Å². The predicted molar refractivity (Wildman–Crippen MR) is 119 cm³/mol. The maximum Gasteiger partial charge on any atom is 0.277 e. The minimum absolute atomic E-state index is 0.144. The molecule has 0 saturated carbocycles. The Kier molecular flexibility index (Phi) is 3.26. The van der Waals surface area contributed by atoms with E-state index in [0.717, 1.165) is 39.2 Å². The third-order valence-corrected chi connectivity index (χ3v) is 7.34. The van der Waals surface area contributed by atoms with Gasteiger partial charge in [0.05, 0.1) is 5.69 Å². The molecule has 0 bridgehead atoms. The highest BCUT2D eigenvalue weighted by atomic mass is 16.5. The number of ether oxygens (including phenoxy) is 1. The second-order valence-corrected chi connectivity index (χ2v) is 8.73. The maximum absolute atomic E-state index is 14.2. The summed E-state index contributed by atoms with van der Waals surface area (Å²) < 4.78 is 6.68. The quantitative estimate of drug-likeness (QED) is 0.566. The standard InChI is InChI=1S/C26H22N2O3/c1-15-13-19-22(14-16(15)2)31-26(18-10-6-8-12-21(18)28(4)24(26)30)25(19)17-9-5-7-11-20(17)27(3)23(25)29/h5-14H,1-4H3. The van der Waals surface area contributed by atoms with Crippen molar-refractivity contribution in [3.63, 3.8) is 0 Å². The van der Waals surface area contributed by atoms with Crippen molar-refractivity contribution in [3.8, 4) is 5.75 Å². The molecule has 2 amide bonds. The van der Waals surface area contributed by atoms with Gasteiger partial charge in [-0.1, -0.05) is 42.5 Å². The van der Waals surface area contributed by atoms with E-state index in [2.05, 4.69) is 0 Å². The zero-order valence-corrected chi connectivity index (χ0v) is 17.9. The maximum atomic E-state index is 14.2. The Morgan fingerprint density at radius 3 is 1.97 bits per heavy atom. The van der Waals surface area contributed by atoms with Gasteiger partial charge in [-0.25, -0.2) is 0 Å². The molecule has 6 rings (SSSR count). The molecule has 0 radical (unpaired) electrons. The van der Waals surface area contributed by atoms with Gasteiger partial charge in [0.1, 0.15) is 5.75 Å². The first-order valence-electron chi connectivity index (χ1n) is 10.4. The Hall–Kier alpha value is -3.60. The Bertz CT molecular complexity index is 1330. The number of aryl methyl sites for hydroxylation is 2. The van der Waals surface area contributed by atoms with E-state index in [1.165, 1.54) is 0 Å². The SMILES string of the molecule is Cc1cc2c(cc1C)C1(C(=O)N(C)c3ccccc31)C1(O2)C(=O)N(C)c2ccccc21. The van der Waals surface area contributed by atoms with Crippen LogP contribution < -0.4 is 14.5 Å². The van der Waals surface area contributed by atoms with Gasteiger partial charge in [0.25, 0.3) is 5.91 Å². The first kappa shape index (κ1) is 18.2. The number of carbonyl (C=O) groups is 2. The molecular weight excluding hydrogens is 388 g/mol. The molecule has 0 aliphatic carbocycles. The largest absolute Gasteiger partial charge is 0.470 e. The number of para-hydroxylation sites is 2. The van der Waals surface area contributed by atoms with Crippen molar-refractivity contribution in [2.75, 3.05) is 23.9 Å². The summed E-state index contributed by atoms with van der Waals surface area (Å²) in [4.78, 5) is 31.6. The summed E-state index contributed by atoms with van der Waals surface area (Å²) in [5.41, 5.74) is 3.22. The number of benzene rings is 3. The average Bonchev–Trinajstić information content (AvgIpc) is 3.28. The van der Waals surface area contributed by atoms with Crippen LogP contribution in [0.25, 0.3) is 0 Å². The molecule has 3 heterocycles. The van der Waals surface area contributed by atoms with Gasteiger partial charge in [-0.05, 0) is 43.2 Å². The van der Waals surface area contributed by atoms with Crippen LogP contribution in [-0.4, -0.2) is 25.9 Å². The highest BCUT2D eigenvalue weighted by Crippen LogP contribution is 2.66. The van der Waals surface area contributed by atoms with E-state index in [9.17, 15) is 9.59 Å². The minimum atomic E-state index is -1.49. The van der Waals surface area contributed by atoms with Crippen molar-refractivity contribution < 1.29 is 14.3 Å². The number of rotatable bonds is 0. The highest BCUT2D eigenvalue weighted by molar-refractivity contribution is 6.20. The normalized spacial score (nSPS) is 25.3. The molecular formula is C26H22N2O3. The van der Waals surface area contributed by atoms with Crippen LogP contribution in [0.2, 0.25) is 0 Å². The molecule has 3 aromatic carbocycles. The minimum Gasteiger partial charge on any atom is -0.470 e. The monoisotopic (exact) mass is 410 g/mol. The molecule has 5 heteroatoms. The van der Waals surface area contributed by atoms with Gasteiger partial charge in [0.15, 0.2) is 5.41 Å². The van der Waals surface area contributed by atoms with Crippen LogP contribution in [0.1, 0.15) is 27.8 Å². The Labute approximate surface area is 180 Å². The van der Waals surface area contributed by atoms with Crippen molar-refractivity contribution in [1.29, 1.82) is 0 Å². The predicted octanol–water partition coefficient (Wildman–Crippen LogP) is 3.83. The van der Waals surface area contributed by atoms with E-state index in [-0.39, 0.29) is 11.8 Å². The summed E-state index contributed by atoms with van der Waals surface area (Å²) in [7, 11) is 3.53. The van der Waals surface area contributed by atoms with E-state index in [0.29, 0.717) is 5.75 Å². The molecule has 5 nitrogen and oxygen atoms in total. The van der Waals surface area contributed by atoms with E-state index in [1.807, 2.05) is 74.5 Å². The van der Waals surface area contributed by atoms with E-state index in [1.54, 1.807) is 23.9 Å². The molecule has 0 fully saturated rings. The second-order valence-electron chi connectivity index (χ2n) is 8.73. The first-order chi connectivity index (χ1) is 14.9. The van der Waals surface area contributed by atoms with Gasteiger partial charge in [-0.3, -0.25) is 9.59 Å². The van der Waals surface area contributed by atoms with Crippen molar-refractivity contribution in [3.05, 3.63) is 88.5 Å². The fourth-order valence-electron chi connectivity index (χ4n) is 5.74. The Balaban J connectivity index is 1.82. The number of fused-ring (bicyclic) bond motifs is 7. The zero-order chi connectivity index (χ0) is 21.7. The molecule has 0 saturated heterocycles. The fourth-order valence-corrected chi connectivity index (χ4v) is 5.74. The molecule has 3 aliphatic rings. The summed E-state index contributed by atoms with van der Waals surface area (Å²) in [6.07, 6.45) is 0. The van der Waals surface area contributed by atoms with Crippen molar-refractivity contribution >= 4 is 23.2 Å². The molecule has 31 heavy (non-hydrogen) atoms. The van der Waals surface area contributed by atoms with Gasteiger partial charge in [-0.15, -0.1) is 0 Å². The van der Waals surface area contributed by atoms with Crippen molar-refractivity contribution in [1.82, 2.24) is 0 Å². The van der Waals surface area contributed by atoms with Crippen molar-refractivity contribution in [2.45, 2.75) is 24.9 Å². The van der Waals surface area contributed by atoms with Crippen LogP contribution in [0.5, 0.6) is 5.75 Å². The van der Waals surface area contributed by atoms with Crippen LogP contribution in [0.4, 0.5) is 11.4 Å². The summed E-state index contributed by atoms with van der Waals surface area (Å²) >= 11 is 0. The first-order valence-corrected chi connectivity index (χ1v) is 10.4. The number of likely N-dealkylation sites (N-methyl/N-ethyl adjacent to an activating group) is 2. The molecule has 2 atom stereocenters. The van der Waals surface area contributed by atoms with Crippen LogP contribution in [0.3, 0.4) is 0 Å². The van der Waals surface area contributed by atoms with Crippen LogP contribution >= 0.6 is 0 Å². The molecule has 3 aromatic rings. The van der Waals surface area contributed by atoms with Crippen molar-refractivity contribution in [2.24, 2.45) is 0 Å². The lowest BCUT2D eigenvalue weighted by molar-refractivity contribution is -0.142. The number of hydrogen-bond donors (Lipinski definition) is 0. The number of anilines is 2.